The van der Waals surface area contributed by atoms with Crippen LogP contribution in [0.25, 0.3) is 0 Å². The van der Waals surface area contributed by atoms with Crippen LogP contribution in [0.2, 0.25) is 0 Å². The van der Waals surface area contributed by atoms with E-state index in [-0.39, 0.29) is 25.0 Å². The molecule has 0 radical (unpaired) electrons. The summed E-state index contributed by atoms with van der Waals surface area (Å²) in [5.74, 6) is -3.37. The standard InChI is InChI=1S/C20H18O6/c21-18(22)17-15(11-25-19(23)13-7-3-1-4-8-13)16(17)12-26-20(24)14-9-5-2-6-10-14/h1-10,15-17H,11-12H2,(H,21,22). The molecule has 0 heterocycles. The van der Waals surface area contributed by atoms with Crippen LogP contribution in [0.15, 0.2) is 60.7 Å². The summed E-state index contributed by atoms with van der Waals surface area (Å²) in [6.07, 6.45) is 0. The zero-order chi connectivity index (χ0) is 18.5. The van der Waals surface area contributed by atoms with E-state index >= 15 is 0 Å². The molecule has 0 aliphatic heterocycles. The molecule has 1 aliphatic rings. The molecule has 0 aromatic heterocycles. The van der Waals surface area contributed by atoms with Gasteiger partial charge in [0, 0.05) is 11.8 Å². The van der Waals surface area contributed by atoms with Crippen LogP contribution < -0.4 is 0 Å². The van der Waals surface area contributed by atoms with Crippen LogP contribution in [0.3, 0.4) is 0 Å². The van der Waals surface area contributed by atoms with Crippen molar-refractivity contribution in [3.63, 3.8) is 0 Å². The van der Waals surface area contributed by atoms with Gasteiger partial charge in [-0.15, -0.1) is 0 Å². The van der Waals surface area contributed by atoms with Crippen molar-refractivity contribution in [2.75, 3.05) is 13.2 Å². The molecule has 2 atom stereocenters. The zero-order valence-corrected chi connectivity index (χ0v) is 13.9. The minimum Gasteiger partial charge on any atom is -0.481 e. The first-order valence-electron chi connectivity index (χ1n) is 8.25. The number of esters is 2. The number of carbonyl (C=O) groups is 3. The summed E-state index contributed by atoms with van der Waals surface area (Å²) in [5, 5.41) is 9.28. The second kappa shape index (κ2) is 7.82. The number of hydrogen-bond donors (Lipinski definition) is 1. The summed E-state index contributed by atoms with van der Waals surface area (Å²) in [4.78, 5) is 35.2. The smallest absolute Gasteiger partial charge is 0.338 e. The van der Waals surface area contributed by atoms with Crippen LogP contribution in [0.4, 0.5) is 0 Å². The van der Waals surface area contributed by atoms with Crippen LogP contribution in [0, 0.1) is 17.8 Å². The quantitative estimate of drug-likeness (QED) is 0.769. The number of rotatable bonds is 7. The Morgan fingerprint density at radius 2 is 1.12 bits per heavy atom. The van der Waals surface area contributed by atoms with Crippen molar-refractivity contribution >= 4 is 17.9 Å². The Morgan fingerprint density at radius 1 is 0.731 bits per heavy atom. The Labute approximate surface area is 150 Å². The summed E-state index contributed by atoms with van der Waals surface area (Å²) < 4.78 is 10.4. The molecule has 1 fully saturated rings. The molecule has 1 N–H and O–H groups in total. The fraction of sp³-hybridized carbons (Fsp3) is 0.250. The minimum atomic E-state index is -0.980. The van der Waals surface area contributed by atoms with Crippen molar-refractivity contribution in [3.8, 4) is 0 Å². The molecule has 6 heteroatoms. The van der Waals surface area contributed by atoms with Gasteiger partial charge in [-0.05, 0) is 24.3 Å². The highest BCUT2D eigenvalue weighted by Gasteiger charge is 2.56. The lowest BCUT2D eigenvalue weighted by atomic mass is 10.2. The van der Waals surface area contributed by atoms with Gasteiger partial charge < -0.3 is 14.6 Å². The molecule has 0 bridgehead atoms. The second-order valence-corrected chi connectivity index (χ2v) is 6.12. The fourth-order valence-electron chi connectivity index (χ4n) is 2.92. The number of ether oxygens (including phenoxy) is 2. The van der Waals surface area contributed by atoms with Crippen LogP contribution in [-0.2, 0) is 14.3 Å². The predicted octanol–water partition coefficient (Wildman–Crippen LogP) is 2.65. The predicted molar refractivity (Wildman–Crippen MR) is 91.6 cm³/mol. The number of carboxylic acids is 1. The summed E-state index contributed by atoms with van der Waals surface area (Å²) >= 11 is 0. The Kier molecular flexibility index (Phi) is 5.31. The van der Waals surface area contributed by atoms with E-state index < -0.39 is 23.8 Å². The fourth-order valence-corrected chi connectivity index (χ4v) is 2.92. The molecule has 134 valence electrons. The average Bonchev–Trinajstić information content (AvgIpc) is 3.38. The first-order valence-corrected chi connectivity index (χ1v) is 8.25. The van der Waals surface area contributed by atoms with Crippen LogP contribution >= 0.6 is 0 Å². The van der Waals surface area contributed by atoms with E-state index in [1.165, 1.54) is 0 Å². The number of carboxylic acid groups (broad SMARTS) is 1. The van der Waals surface area contributed by atoms with E-state index in [9.17, 15) is 19.5 Å². The molecule has 3 rings (SSSR count). The van der Waals surface area contributed by atoms with Gasteiger partial charge in [-0.25, -0.2) is 9.59 Å². The van der Waals surface area contributed by atoms with Crippen LogP contribution in [-0.4, -0.2) is 36.2 Å². The molecule has 2 aromatic carbocycles. The van der Waals surface area contributed by atoms with Gasteiger partial charge in [0.2, 0.25) is 0 Å². The van der Waals surface area contributed by atoms with Crippen molar-refractivity contribution in [1.29, 1.82) is 0 Å². The van der Waals surface area contributed by atoms with E-state index in [4.69, 9.17) is 9.47 Å². The molecule has 0 amide bonds. The van der Waals surface area contributed by atoms with Crippen molar-refractivity contribution in [2.45, 2.75) is 0 Å². The molecule has 2 aromatic rings. The Balaban J connectivity index is 1.52. The third-order valence-electron chi connectivity index (χ3n) is 4.45. The molecule has 1 aliphatic carbocycles. The van der Waals surface area contributed by atoms with Gasteiger partial charge in [0.05, 0.1) is 30.3 Å². The first kappa shape index (κ1) is 17.7. The maximum atomic E-state index is 12.0. The highest BCUT2D eigenvalue weighted by atomic mass is 16.5. The van der Waals surface area contributed by atoms with E-state index in [0.29, 0.717) is 11.1 Å². The highest BCUT2D eigenvalue weighted by Crippen LogP contribution is 2.47. The van der Waals surface area contributed by atoms with Crippen molar-refractivity contribution in [2.24, 2.45) is 17.8 Å². The van der Waals surface area contributed by atoms with Gasteiger partial charge in [0.15, 0.2) is 0 Å². The van der Waals surface area contributed by atoms with Gasteiger partial charge in [0.25, 0.3) is 0 Å². The van der Waals surface area contributed by atoms with Gasteiger partial charge in [-0.3, -0.25) is 4.79 Å². The normalized spacial score (nSPS) is 20.8. The lowest BCUT2D eigenvalue weighted by Crippen LogP contribution is -2.11. The molecule has 0 spiro atoms. The SMILES string of the molecule is O=C(OCC1C(COC(=O)c2ccccc2)C1C(=O)O)c1ccccc1. The Hall–Kier alpha value is -3.15. The number of carbonyl (C=O) groups excluding carboxylic acids is 2. The molecular weight excluding hydrogens is 336 g/mol. The molecule has 6 nitrogen and oxygen atoms in total. The molecule has 26 heavy (non-hydrogen) atoms. The molecule has 2 unspecified atom stereocenters. The highest BCUT2D eigenvalue weighted by molar-refractivity contribution is 5.90. The first-order chi connectivity index (χ1) is 12.6. The summed E-state index contributed by atoms with van der Waals surface area (Å²) in [6.45, 7) is -0.0313. The van der Waals surface area contributed by atoms with Gasteiger partial charge in [-0.1, -0.05) is 36.4 Å². The van der Waals surface area contributed by atoms with Crippen molar-refractivity contribution < 1.29 is 29.0 Å². The summed E-state index contributed by atoms with van der Waals surface area (Å²) in [5.41, 5.74) is 0.819. The molecule has 0 saturated heterocycles. The van der Waals surface area contributed by atoms with Gasteiger partial charge in [0.1, 0.15) is 0 Å². The summed E-state index contributed by atoms with van der Waals surface area (Å²) in [6, 6.07) is 17.0. The lowest BCUT2D eigenvalue weighted by molar-refractivity contribution is -0.139. The Bertz CT molecular complexity index is 725. The largest absolute Gasteiger partial charge is 0.481 e. The summed E-state index contributed by atoms with van der Waals surface area (Å²) in [7, 11) is 0. The van der Waals surface area contributed by atoms with Crippen LogP contribution in [0.5, 0.6) is 0 Å². The Morgan fingerprint density at radius 3 is 1.46 bits per heavy atom. The van der Waals surface area contributed by atoms with Crippen molar-refractivity contribution in [3.05, 3.63) is 71.8 Å². The maximum absolute atomic E-state index is 12.0. The number of benzene rings is 2. The second-order valence-electron chi connectivity index (χ2n) is 6.12. The molecular formula is C20H18O6. The minimum absolute atomic E-state index is 0.0156. The van der Waals surface area contributed by atoms with E-state index in [2.05, 4.69) is 0 Å². The van der Waals surface area contributed by atoms with E-state index in [1.54, 1.807) is 60.7 Å². The lowest BCUT2D eigenvalue weighted by Gasteiger charge is -2.05. The van der Waals surface area contributed by atoms with Crippen LogP contribution in [0.1, 0.15) is 20.7 Å². The van der Waals surface area contributed by atoms with Gasteiger partial charge >= 0.3 is 17.9 Å². The van der Waals surface area contributed by atoms with Crippen molar-refractivity contribution in [1.82, 2.24) is 0 Å². The monoisotopic (exact) mass is 354 g/mol. The van der Waals surface area contributed by atoms with Gasteiger partial charge in [-0.2, -0.15) is 0 Å². The molecule has 1 saturated carbocycles. The number of aliphatic carboxylic acids is 1. The van der Waals surface area contributed by atoms with E-state index in [0.717, 1.165) is 0 Å². The number of hydrogen-bond acceptors (Lipinski definition) is 5. The topological polar surface area (TPSA) is 89.9 Å². The third kappa shape index (κ3) is 4.08. The maximum Gasteiger partial charge on any atom is 0.338 e. The third-order valence-corrected chi connectivity index (χ3v) is 4.45. The van der Waals surface area contributed by atoms with E-state index in [1.807, 2.05) is 0 Å². The average molecular weight is 354 g/mol. The zero-order valence-electron chi connectivity index (χ0n) is 13.9.